The zero-order valence-corrected chi connectivity index (χ0v) is 14.4. The summed E-state index contributed by atoms with van der Waals surface area (Å²) in [6.45, 7) is 0. The molecule has 5 rings (SSSR count). The minimum absolute atomic E-state index is 0.781. The molecule has 26 heavy (non-hydrogen) atoms. The molecule has 2 heterocycles. The van der Waals surface area contributed by atoms with Gasteiger partial charge in [-0.15, -0.1) is 0 Å². The topological polar surface area (TPSA) is 35.3 Å². The molecule has 0 aliphatic carbocycles. The van der Waals surface area contributed by atoms with E-state index in [2.05, 4.69) is 30.3 Å². The van der Waals surface area contributed by atoms with Gasteiger partial charge in [0.15, 0.2) is 5.58 Å². The van der Waals surface area contributed by atoms with Crippen LogP contribution in [-0.4, -0.2) is 12.1 Å². The van der Waals surface area contributed by atoms with Gasteiger partial charge in [-0.3, -0.25) is 0 Å². The highest BCUT2D eigenvalue weighted by atomic mass is 16.5. The fourth-order valence-corrected chi connectivity index (χ4v) is 3.55. The van der Waals surface area contributed by atoms with Gasteiger partial charge in [-0.2, -0.15) is 0 Å². The first-order chi connectivity index (χ1) is 12.8. The van der Waals surface area contributed by atoms with Crippen LogP contribution in [0.1, 0.15) is 11.1 Å². The summed E-state index contributed by atoms with van der Waals surface area (Å²) in [6.07, 6.45) is 0.781. The van der Waals surface area contributed by atoms with Crippen LogP contribution in [0.15, 0.2) is 77.2 Å². The van der Waals surface area contributed by atoms with Gasteiger partial charge in [-0.1, -0.05) is 42.5 Å². The Morgan fingerprint density at radius 3 is 2.54 bits per heavy atom. The molecule has 0 radical (unpaired) electrons. The van der Waals surface area contributed by atoms with Crippen LogP contribution in [0.4, 0.5) is 0 Å². The summed E-state index contributed by atoms with van der Waals surface area (Å²) in [7, 11) is 1.69. The fraction of sp³-hybridized carbons (Fsp3) is 0.0870. The number of aromatic nitrogens is 1. The maximum Gasteiger partial charge on any atom is 0.158 e. The van der Waals surface area contributed by atoms with E-state index >= 15 is 0 Å². The predicted molar refractivity (Wildman–Crippen MR) is 105 cm³/mol. The van der Waals surface area contributed by atoms with Crippen molar-refractivity contribution in [1.82, 2.24) is 4.98 Å². The van der Waals surface area contributed by atoms with Crippen LogP contribution in [0.3, 0.4) is 0 Å². The van der Waals surface area contributed by atoms with Crippen molar-refractivity contribution >= 4 is 33.0 Å². The third-order valence-corrected chi connectivity index (χ3v) is 4.83. The van der Waals surface area contributed by atoms with Crippen LogP contribution < -0.4 is 4.74 Å². The normalized spacial score (nSPS) is 11.4. The third kappa shape index (κ3) is 2.32. The molecule has 0 spiro atoms. The lowest BCUT2D eigenvalue weighted by molar-refractivity contribution is 0.415. The van der Waals surface area contributed by atoms with Crippen molar-refractivity contribution in [2.24, 2.45) is 0 Å². The monoisotopic (exact) mass is 339 g/mol. The zero-order chi connectivity index (χ0) is 17.5. The second-order valence-electron chi connectivity index (χ2n) is 6.41. The Morgan fingerprint density at radius 1 is 0.885 bits per heavy atom. The predicted octanol–water partition coefficient (Wildman–Crippen LogP) is 5.73. The maximum absolute atomic E-state index is 6.23. The number of methoxy groups -OCH3 is 1. The Morgan fingerprint density at radius 2 is 1.69 bits per heavy atom. The first kappa shape index (κ1) is 15.0. The van der Waals surface area contributed by atoms with Crippen molar-refractivity contribution in [1.29, 1.82) is 0 Å². The number of ether oxygens (including phenoxy) is 1. The number of para-hydroxylation sites is 1. The summed E-state index contributed by atoms with van der Waals surface area (Å²) >= 11 is 0. The molecule has 2 aromatic heterocycles. The highest BCUT2D eigenvalue weighted by molar-refractivity contribution is 6.08. The highest BCUT2D eigenvalue weighted by Gasteiger charge is 2.17. The first-order valence-electron chi connectivity index (χ1n) is 8.65. The molecule has 3 nitrogen and oxygen atoms in total. The molecule has 0 bridgehead atoms. The third-order valence-electron chi connectivity index (χ3n) is 4.83. The average molecular weight is 339 g/mol. The van der Waals surface area contributed by atoms with Crippen LogP contribution in [-0.2, 0) is 6.42 Å². The smallest absolute Gasteiger partial charge is 0.158 e. The summed E-state index contributed by atoms with van der Waals surface area (Å²) in [5.41, 5.74) is 5.98. The molecule has 0 aliphatic rings. The largest absolute Gasteiger partial charge is 0.497 e. The van der Waals surface area contributed by atoms with Crippen LogP contribution >= 0.6 is 0 Å². The second kappa shape index (κ2) is 5.88. The Hall–Kier alpha value is -3.33. The standard InChI is InChI=1S/C23H17NO2/c1-25-16-11-12-20-18(14-16)19(13-15-7-3-2-4-8-15)23-22(24-20)17-9-5-6-10-21(17)26-23/h2-12,14H,13H2,1H3. The van der Waals surface area contributed by atoms with E-state index < -0.39 is 0 Å². The number of pyridine rings is 1. The minimum Gasteiger partial charge on any atom is -0.497 e. The van der Waals surface area contributed by atoms with Crippen molar-refractivity contribution in [2.45, 2.75) is 6.42 Å². The van der Waals surface area contributed by atoms with Gasteiger partial charge in [0.2, 0.25) is 0 Å². The van der Waals surface area contributed by atoms with Gasteiger partial charge in [0, 0.05) is 22.8 Å². The van der Waals surface area contributed by atoms with E-state index in [4.69, 9.17) is 14.1 Å². The van der Waals surface area contributed by atoms with Gasteiger partial charge in [0.1, 0.15) is 16.8 Å². The molecule has 0 amide bonds. The first-order valence-corrected chi connectivity index (χ1v) is 8.65. The van der Waals surface area contributed by atoms with Gasteiger partial charge in [-0.05, 0) is 35.9 Å². The zero-order valence-electron chi connectivity index (χ0n) is 14.4. The molecule has 5 aromatic rings. The Kier molecular flexibility index (Phi) is 3.39. The van der Waals surface area contributed by atoms with Crippen molar-refractivity contribution in [3.8, 4) is 5.75 Å². The SMILES string of the molecule is COc1ccc2nc3c(oc4ccccc43)c(Cc3ccccc3)c2c1. The number of fused-ring (bicyclic) bond motifs is 4. The second-order valence-corrected chi connectivity index (χ2v) is 6.41. The molecule has 3 aromatic carbocycles. The lowest BCUT2D eigenvalue weighted by Gasteiger charge is -2.09. The van der Waals surface area contributed by atoms with Crippen molar-refractivity contribution in [2.75, 3.05) is 7.11 Å². The van der Waals surface area contributed by atoms with E-state index in [-0.39, 0.29) is 0 Å². The van der Waals surface area contributed by atoms with E-state index in [0.29, 0.717) is 0 Å². The minimum atomic E-state index is 0.781. The molecule has 3 heteroatoms. The lowest BCUT2D eigenvalue weighted by atomic mass is 9.99. The number of nitrogens with zero attached hydrogens (tertiary/aromatic N) is 1. The van der Waals surface area contributed by atoms with Crippen LogP contribution in [0.5, 0.6) is 5.75 Å². The molecule has 0 saturated heterocycles. The van der Waals surface area contributed by atoms with Gasteiger partial charge in [-0.25, -0.2) is 4.98 Å². The number of hydrogen-bond acceptors (Lipinski definition) is 3. The van der Waals surface area contributed by atoms with E-state index in [0.717, 1.165) is 50.7 Å². The molecule has 0 atom stereocenters. The van der Waals surface area contributed by atoms with E-state index in [1.807, 2.05) is 42.5 Å². The Bertz CT molecular complexity index is 1240. The van der Waals surface area contributed by atoms with Crippen LogP contribution in [0.2, 0.25) is 0 Å². The van der Waals surface area contributed by atoms with Crippen molar-refractivity contribution in [3.05, 3.63) is 83.9 Å². The highest BCUT2D eigenvalue weighted by Crippen LogP contribution is 2.35. The number of benzene rings is 3. The van der Waals surface area contributed by atoms with E-state index in [1.54, 1.807) is 7.11 Å². The fourth-order valence-electron chi connectivity index (χ4n) is 3.55. The molecule has 0 aliphatic heterocycles. The van der Waals surface area contributed by atoms with Gasteiger partial charge in [0.05, 0.1) is 12.6 Å². The Balaban J connectivity index is 1.88. The van der Waals surface area contributed by atoms with Gasteiger partial charge in [0.25, 0.3) is 0 Å². The van der Waals surface area contributed by atoms with Crippen molar-refractivity contribution in [3.63, 3.8) is 0 Å². The number of rotatable bonds is 3. The number of hydrogen-bond donors (Lipinski definition) is 0. The Labute approximate surface area is 150 Å². The van der Waals surface area contributed by atoms with E-state index in [9.17, 15) is 0 Å². The average Bonchev–Trinajstić information content (AvgIpc) is 3.07. The lowest BCUT2D eigenvalue weighted by Crippen LogP contribution is -1.94. The summed E-state index contributed by atoms with van der Waals surface area (Å²) in [5, 5.41) is 2.12. The summed E-state index contributed by atoms with van der Waals surface area (Å²) in [4.78, 5) is 4.89. The van der Waals surface area contributed by atoms with Crippen molar-refractivity contribution < 1.29 is 9.15 Å². The summed E-state index contributed by atoms with van der Waals surface area (Å²) in [5.74, 6) is 0.823. The molecule has 0 saturated carbocycles. The summed E-state index contributed by atoms with van der Waals surface area (Å²) < 4.78 is 11.7. The van der Waals surface area contributed by atoms with Gasteiger partial charge < -0.3 is 9.15 Å². The maximum atomic E-state index is 6.23. The molecular weight excluding hydrogens is 322 g/mol. The van der Waals surface area contributed by atoms with Crippen LogP contribution in [0, 0.1) is 0 Å². The van der Waals surface area contributed by atoms with Crippen LogP contribution in [0.25, 0.3) is 33.0 Å². The number of furan rings is 1. The molecule has 126 valence electrons. The quantitative estimate of drug-likeness (QED) is 0.421. The summed E-state index contributed by atoms with van der Waals surface area (Å²) in [6, 6.07) is 24.5. The van der Waals surface area contributed by atoms with Gasteiger partial charge >= 0.3 is 0 Å². The molecule has 0 fully saturated rings. The molecular formula is C23H17NO2. The van der Waals surface area contributed by atoms with E-state index in [1.165, 1.54) is 5.56 Å². The molecule has 0 unspecified atom stereocenters. The molecule has 0 N–H and O–H groups in total.